The summed E-state index contributed by atoms with van der Waals surface area (Å²) in [6.07, 6.45) is 0. The molecule has 0 unspecified atom stereocenters. The number of benzene rings is 2. The highest BCUT2D eigenvalue weighted by molar-refractivity contribution is 5.72. The Labute approximate surface area is 119 Å². The first-order valence-corrected chi connectivity index (χ1v) is 6.74. The van der Waals surface area contributed by atoms with Crippen LogP contribution in [0.15, 0.2) is 60.7 Å². The lowest BCUT2D eigenvalue weighted by molar-refractivity contribution is -0.138. The molecule has 0 saturated heterocycles. The normalized spacial score (nSPS) is 12.3. The fourth-order valence-corrected chi connectivity index (χ4v) is 2.18. The molecule has 0 bridgehead atoms. The number of aliphatic carboxylic acids is 1. The fourth-order valence-electron chi connectivity index (χ4n) is 2.18. The summed E-state index contributed by atoms with van der Waals surface area (Å²) in [6, 6.07) is 19.7. The molecule has 0 radical (unpaired) electrons. The molecule has 0 amide bonds. The van der Waals surface area contributed by atoms with Crippen molar-refractivity contribution < 1.29 is 9.90 Å². The zero-order valence-corrected chi connectivity index (χ0v) is 11.5. The van der Waals surface area contributed by atoms with E-state index in [1.807, 2.05) is 36.4 Å². The molecule has 0 spiro atoms. The van der Waals surface area contributed by atoms with Gasteiger partial charge in [0.15, 0.2) is 0 Å². The Morgan fingerprint density at radius 3 is 1.85 bits per heavy atom. The zero-order valence-electron chi connectivity index (χ0n) is 11.5. The first kappa shape index (κ1) is 14.3. The molecule has 2 N–H and O–H groups in total. The van der Waals surface area contributed by atoms with E-state index >= 15 is 0 Å². The fraction of sp³-hybridized carbons (Fsp3) is 0.235. The smallest absolute Gasteiger partial charge is 0.320 e. The van der Waals surface area contributed by atoms with E-state index in [2.05, 4.69) is 29.6 Å². The molecule has 3 nitrogen and oxygen atoms in total. The van der Waals surface area contributed by atoms with Crippen LogP contribution in [0.5, 0.6) is 0 Å². The van der Waals surface area contributed by atoms with Crippen LogP contribution in [-0.4, -0.2) is 23.7 Å². The quantitative estimate of drug-likeness (QED) is 0.847. The number of carboxylic acids is 1. The number of nitrogens with one attached hydrogen (secondary N) is 1. The van der Waals surface area contributed by atoms with Crippen molar-refractivity contribution >= 4 is 5.97 Å². The molecule has 0 fully saturated rings. The second kappa shape index (κ2) is 6.87. The van der Waals surface area contributed by atoms with E-state index in [9.17, 15) is 4.79 Å². The van der Waals surface area contributed by atoms with Gasteiger partial charge in [0.1, 0.15) is 6.04 Å². The summed E-state index contributed by atoms with van der Waals surface area (Å²) in [5, 5.41) is 12.1. The Kier molecular flexibility index (Phi) is 4.91. The lowest BCUT2D eigenvalue weighted by Gasteiger charge is -2.20. The predicted octanol–water partition coefficient (Wildman–Crippen LogP) is 2.88. The Morgan fingerprint density at radius 1 is 1.00 bits per heavy atom. The maximum absolute atomic E-state index is 10.9. The summed E-state index contributed by atoms with van der Waals surface area (Å²) in [4.78, 5) is 10.9. The van der Waals surface area contributed by atoms with Gasteiger partial charge in [0.05, 0.1) is 0 Å². The third-order valence-corrected chi connectivity index (χ3v) is 3.40. The van der Waals surface area contributed by atoms with Gasteiger partial charge in [0.25, 0.3) is 0 Å². The minimum atomic E-state index is -0.829. The van der Waals surface area contributed by atoms with Crippen LogP contribution in [-0.2, 0) is 4.79 Å². The summed E-state index contributed by atoms with van der Waals surface area (Å²) in [5.41, 5.74) is 2.37. The molecular weight excluding hydrogens is 250 g/mol. The van der Waals surface area contributed by atoms with Crippen molar-refractivity contribution in [1.29, 1.82) is 0 Å². The summed E-state index contributed by atoms with van der Waals surface area (Å²) in [5.74, 6) is -0.677. The molecule has 0 heterocycles. The monoisotopic (exact) mass is 269 g/mol. The largest absolute Gasteiger partial charge is 0.480 e. The first-order chi connectivity index (χ1) is 9.68. The van der Waals surface area contributed by atoms with E-state index in [0.717, 1.165) is 0 Å². The van der Waals surface area contributed by atoms with E-state index in [-0.39, 0.29) is 5.92 Å². The van der Waals surface area contributed by atoms with Gasteiger partial charge in [0, 0.05) is 12.5 Å². The van der Waals surface area contributed by atoms with Gasteiger partial charge in [0.2, 0.25) is 0 Å². The number of hydrogen-bond acceptors (Lipinski definition) is 2. The van der Waals surface area contributed by atoms with Crippen molar-refractivity contribution in [2.45, 2.75) is 18.9 Å². The predicted molar refractivity (Wildman–Crippen MR) is 79.8 cm³/mol. The third-order valence-electron chi connectivity index (χ3n) is 3.40. The first-order valence-electron chi connectivity index (χ1n) is 6.74. The maximum Gasteiger partial charge on any atom is 0.320 e. The number of carboxylic acid groups (broad SMARTS) is 1. The summed E-state index contributed by atoms with van der Waals surface area (Å²) in [6.45, 7) is 2.26. The van der Waals surface area contributed by atoms with E-state index in [4.69, 9.17) is 5.11 Å². The Bertz CT molecular complexity index is 500. The van der Waals surface area contributed by atoms with Gasteiger partial charge < -0.3 is 10.4 Å². The highest BCUT2D eigenvalue weighted by Crippen LogP contribution is 2.23. The molecule has 0 saturated carbocycles. The maximum atomic E-state index is 10.9. The topological polar surface area (TPSA) is 49.3 Å². The molecule has 20 heavy (non-hydrogen) atoms. The Morgan fingerprint density at radius 2 is 1.45 bits per heavy atom. The van der Waals surface area contributed by atoms with E-state index < -0.39 is 12.0 Å². The molecule has 0 aliphatic rings. The number of rotatable bonds is 6. The van der Waals surface area contributed by atoms with Gasteiger partial charge in [-0.15, -0.1) is 0 Å². The molecule has 0 aromatic heterocycles. The van der Waals surface area contributed by atoms with Crippen LogP contribution in [0.4, 0.5) is 0 Å². The van der Waals surface area contributed by atoms with Crippen LogP contribution in [0.25, 0.3) is 0 Å². The molecule has 2 aromatic rings. The second-order valence-corrected chi connectivity index (χ2v) is 4.84. The summed E-state index contributed by atoms with van der Waals surface area (Å²) in [7, 11) is 0. The lowest BCUT2D eigenvalue weighted by Crippen LogP contribution is -2.36. The molecule has 2 aromatic carbocycles. The molecule has 1 atom stereocenters. The van der Waals surface area contributed by atoms with Crippen molar-refractivity contribution in [2.24, 2.45) is 0 Å². The molecule has 0 aliphatic carbocycles. The molecule has 0 aliphatic heterocycles. The average Bonchev–Trinajstić information content (AvgIpc) is 2.49. The van der Waals surface area contributed by atoms with E-state index in [0.29, 0.717) is 6.54 Å². The van der Waals surface area contributed by atoms with Gasteiger partial charge in [-0.3, -0.25) is 4.79 Å². The van der Waals surface area contributed by atoms with Gasteiger partial charge in [-0.25, -0.2) is 0 Å². The molecule has 2 rings (SSSR count). The lowest BCUT2D eigenvalue weighted by atomic mass is 9.91. The van der Waals surface area contributed by atoms with Crippen molar-refractivity contribution in [3.63, 3.8) is 0 Å². The minimum Gasteiger partial charge on any atom is -0.480 e. The van der Waals surface area contributed by atoms with Crippen molar-refractivity contribution in [1.82, 2.24) is 5.32 Å². The van der Waals surface area contributed by atoms with Crippen LogP contribution in [0.2, 0.25) is 0 Å². The highest BCUT2D eigenvalue weighted by Gasteiger charge is 2.17. The molecular formula is C17H19NO2. The zero-order chi connectivity index (χ0) is 14.4. The van der Waals surface area contributed by atoms with Crippen LogP contribution in [0.1, 0.15) is 24.0 Å². The molecule has 104 valence electrons. The van der Waals surface area contributed by atoms with Gasteiger partial charge in [-0.1, -0.05) is 60.7 Å². The third kappa shape index (κ3) is 3.68. The summed E-state index contributed by atoms with van der Waals surface area (Å²) >= 11 is 0. The standard InChI is InChI=1S/C17H19NO2/c1-13(17(19)20)18-12-16(14-8-4-2-5-9-14)15-10-6-3-7-11-15/h2-11,13,16,18H,12H2,1H3,(H,19,20)/t13-/m0/s1. The van der Waals surface area contributed by atoms with Crippen LogP contribution >= 0.6 is 0 Å². The van der Waals surface area contributed by atoms with Gasteiger partial charge >= 0.3 is 5.97 Å². The SMILES string of the molecule is C[C@H](NCC(c1ccccc1)c1ccccc1)C(=O)O. The van der Waals surface area contributed by atoms with Crippen LogP contribution in [0, 0.1) is 0 Å². The second-order valence-electron chi connectivity index (χ2n) is 4.84. The van der Waals surface area contributed by atoms with Gasteiger partial charge in [-0.05, 0) is 18.1 Å². The summed E-state index contributed by atoms with van der Waals surface area (Å²) < 4.78 is 0. The van der Waals surface area contributed by atoms with Crippen molar-refractivity contribution in [2.75, 3.05) is 6.54 Å². The van der Waals surface area contributed by atoms with E-state index in [1.165, 1.54) is 11.1 Å². The van der Waals surface area contributed by atoms with Crippen molar-refractivity contribution in [3.05, 3.63) is 71.8 Å². The van der Waals surface area contributed by atoms with Crippen molar-refractivity contribution in [3.8, 4) is 0 Å². The Balaban J connectivity index is 2.19. The Hall–Kier alpha value is -2.13. The van der Waals surface area contributed by atoms with Gasteiger partial charge in [-0.2, -0.15) is 0 Å². The van der Waals surface area contributed by atoms with Crippen LogP contribution in [0.3, 0.4) is 0 Å². The van der Waals surface area contributed by atoms with Crippen LogP contribution < -0.4 is 5.32 Å². The minimum absolute atomic E-state index is 0.152. The highest BCUT2D eigenvalue weighted by atomic mass is 16.4. The number of carbonyl (C=O) groups is 1. The molecule has 3 heteroatoms. The average molecular weight is 269 g/mol. The van der Waals surface area contributed by atoms with E-state index in [1.54, 1.807) is 6.92 Å². The number of hydrogen-bond donors (Lipinski definition) is 2.